The third-order valence-electron chi connectivity index (χ3n) is 2.94. The van der Waals surface area contributed by atoms with Crippen molar-refractivity contribution in [2.75, 3.05) is 6.61 Å². The van der Waals surface area contributed by atoms with Gasteiger partial charge in [0, 0.05) is 6.42 Å². The van der Waals surface area contributed by atoms with Crippen molar-refractivity contribution in [2.45, 2.75) is 37.6 Å². The van der Waals surface area contributed by atoms with Crippen LogP contribution < -0.4 is 0 Å². The molecule has 0 saturated carbocycles. The minimum atomic E-state index is -1.05. The summed E-state index contributed by atoms with van der Waals surface area (Å²) >= 11 is 0. The Labute approximate surface area is 106 Å². The Hall–Kier alpha value is -0.980. The first-order chi connectivity index (χ1) is 8.66. The molecule has 1 unspecified atom stereocenters. The van der Waals surface area contributed by atoms with Crippen molar-refractivity contribution in [3.05, 3.63) is 35.9 Å². The maximum absolute atomic E-state index is 9.69. The molecule has 3 N–H and O–H groups in total. The molecule has 0 aliphatic carbocycles. The smallest absolute Gasteiger partial charge is 0.157 e. The molecule has 1 aromatic carbocycles. The van der Waals surface area contributed by atoms with Gasteiger partial charge in [0.2, 0.25) is 0 Å². The van der Waals surface area contributed by atoms with E-state index in [9.17, 15) is 15.3 Å². The summed E-state index contributed by atoms with van der Waals surface area (Å²) in [5, 5.41) is 28.5. The van der Waals surface area contributed by atoms with E-state index in [2.05, 4.69) is 0 Å². The van der Waals surface area contributed by atoms with Crippen molar-refractivity contribution in [1.29, 1.82) is 0 Å². The minimum Gasteiger partial charge on any atom is -0.390 e. The van der Waals surface area contributed by atoms with E-state index >= 15 is 0 Å². The molecule has 18 heavy (non-hydrogen) atoms. The van der Waals surface area contributed by atoms with E-state index < -0.39 is 24.6 Å². The van der Waals surface area contributed by atoms with Crippen LogP contribution in [0.4, 0.5) is 0 Å². The van der Waals surface area contributed by atoms with Crippen LogP contribution in [0.25, 0.3) is 0 Å². The Morgan fingerprint density at radius 3 is 2.61 bits per heavy atom. The monoisotopic (exact) mass is 254 g/mol. The zero-order chi connectivity index (χ0) is 13.0. The van der Waals surface area contributed by atoms with E-state index in [1.807, 2.05) is 30.3 Å². The number of rotatable bonds is 4. The van der Waals surface area contributed by atoms with Gasteiger partial charge < -0.3 is 24.8 Å². The highest BCUT2D eigenvalue weighted by Crippen LogP contribution is 2.19. The number of aliphatic hydroxyl groups excluding tert-OH is 3. The quantitative estimate of drug-likeness (QED) is 0.706. The molecule has 1 saturated heterocycles. The molecule has 4 atom stereocenters. The van der Waals surface area contributed by atoms with Gasteiger partial charge in [0.25, 0.3) is 0 Å². The molecule has 0 radical (unpaired) electrons. The molecular weight excluding hydrogens is 236 g/mol. The lowest BCUT2D eigenvalue weighted by atomic mass is 10.0. The highest BCUT2D eigenvalue weighted by Gasteiger charge is 2.35. The lowest BCUT2D eigenvalue weighted by Crippen LogP contribution is -2.50. The molecule has 1 aliphatic heterocycles. The summed E-state index contributed by atoms with van der Waals surface area (Å²) in [6.07, 6.45) is -3.72. The molecule has 0 bridgehead atoms. The predicted molar refractivity (Wildman–Crippen MR) is 63.6 cm³/mol. The summed E-state index contributed by atoms with van der Waals surface area (Å²) in [7, 11) is 0. The normalized spacial score (nSPS) is 32.4. The maximum Gasteiger partial charge on any atom is 0.157 e. The van der Waals surface area contributed by atoms with Crippen molar-refractivity contribution in [3.63, 3.8) is 0 Å². The van der Waals surface area contributed by atoms with Gasteiger partial charge in [-0.1, -0.05) is 30.3 Å². The fourth-order valence-corrected chi connectivity index (χ4v) is 1.94. The molecule has 1 fully saturated rings. The Bertz CT molecular complexity index is 356. The van der Waals surface area contributed by atoms with Gasteiger partial charge in [-0.05, 0) is 5.56 Å². The number of hydrogen-bond donors (Lipinski definition) is 3. The molecule has 0 aromatic heterocycles. The van der Waals surface area contributed by atoms with E-state index in [0.717, 1.165) is 5.56 Å². The SMILES string of the molecule is OC1C[C@@H](O)[C@H](O)[C@H](COCc2ccccc2)O1. The third-order valence-corrected chi connectivity index (χ3v) is 2.94. The van der Waals surface area contributed by atoms with Crippen LogP contribution >= 0.6 is 0 Å². The second kappa shape index (κ2) is 6.26. The average molecular weight is 254 g/mol. The van der Waals surface area contributed by atoms with Crippen LogP contribution in [0.15, 0.2) is 30.3 Å². The van der Waals surface area contributed by atoms with Crippen LogP contribution in [0.3, 0.4) is 0 Å². The predicted octanol–water partition coefficient (Wildman–Crippen LogP) is 0.0323. The van der Waals surface area contributed by atoms with E-state index in [-0.39, 0.29) is 13.0 Å². The standard InChI is InChI=1S/C13H18O5/c14-10-6-12(15)18-11(13(10)16)8-17-7-9-4-2-1-3-5-9/h1-5,10-16H,6-8H2/t10-,11+,12?,13+/m1/s1. The van der Waals surface area contributed by atoms with Crippen LogP contribution in [0.2, 0.25) is 0 Å². The molecular formula is C13H18O5. The van der Waals surface area contributed by atoms with Crippen molar-refractivity contribution in [3.8, 4) is 0 Å². The number of benzene rings is 1. The van der Waals surface area contributed by atoms with Crippen LogP contribution in [-0.2, 0) is 16.1 Å². The van der Waals surface area contributed by atoms with Crippen LogP contribution in [0, 0.1) is 0 Å². The molecule has 1 heterocycles. The van der Waals surface area contributed by atoms with Crippen molar-refractivity contribution < 1.29 is 24.8 Å². The van der Waals surface area contributed by atoms with Gasteiger partial charge in [-0.15, -0.1) is 0 Å². The van der Waals surface area contributed by atoms with E-state index in [1.165, 1.54) is 0 Å². The first-order valence-corrected chi connectivity index (χ1v) is 5.98. The molecule has 5 heteroatoms. The fraction of sp³-hybridized carbons (Fsp3) is 0.538. The molecule has 0 spiro atoms. The molecule has 1 aliphatic rings. The summed E-state index contributed by atoms with van der Waals surface area (Å²) in [4.78, 5) is 0. The Morgan fingerprint density at radius 1 is 1.17 bits per heavy atom. The molecule has 100 valence electrons. The van der Waals surface area contributed by atoms with E-state index in [1.54, 1.807) is 0 Å². The van der Waals surface area contributed by atoms with E-state index in [4.69, 9.17) is 9.47 Å². The van der Waals surface area contributed by atoms with Crippen molar-refractivity contribution in [1.82, 2.24) is 0 Å². The van der Waals surface area contributed by atoms with Crippen LogP contribution in [-0.4, -0.2) is 46.5 Å². The Kier molecular flexibility index (Phi) is 4.68. The Balaban J connectivity index is 1.79. The largest absolute Gasteiger partial charge is 0.390 e. The Morgan fingerprint density at radius 2 is 1.89 bits per heavy atom. The van der Waals surface area contributed by atoms with Crippen LogP contribution in [0.1, 0.15) is 12.0 Å². The van der Waals surface area contributed by atoms with Gasteiger partial charge in [0.05, 0.1) is 19.3 Å². The van der Waals surface area contributed by atoms with Crippen LogP contribution in [0.5, 0.6) is 0 Å². The first kappa shape index (κ1) is 13.5. The molecule has 5 nitrogen and oxygen atoms in total. The second-order valence-electron chi connectivity index (χ2n) is 4.42. The summed E-state index contributed by atoms with van der Waals surface area (Å²) in [5.74, 6) is 0. The van der Waals surface area contributed by atoms with Crippen molar-refractivity contribution in [2.24, 2.45) is 0 Å². The molecule has 0 amide bonds. The van der Waals surface area contributed by atoms with Crippen molar-refractivity contribution >= 4 is 0 Å². The lowest BCUT2D eigenvalue weighted by Gasteiger charge is -2.34. The summed E-state index contributed by atoms with van der Waals surface area (Å²) in [6.45, 7) is 0.532. The summed E-state index contributed by atoms with van der Waals surface area (Å²) in [6, 6.07) is 9.62. The zero-order valence-electron chi connectivity index (χ0n) is 9.98. The first-order valence-electron chi connectivity index (χ1n) is 5.98. The topological polar surface area (TPSA) is 79.2 Å². The highest BCUT2D eigenvalue weighted by molar-refractivity contribution is 5.13. The zero-order valence-corrected chi connectivity index (χ0v) is 9.98. The fourth-order valence-electron chi connectivity index (χ4n) is 1.94. The van der Waals surface area contributed by atoms with Gasteiger partial charge in [0.15, 0.2) is 6.29 Å². The lowest BCUT2D eigenvalue weighted by molar-refractivity contribution is -0.243. The third kappa shape index (κ3) is 3.51. The van der Waals surface area contributed by atoms with E-state index in [0.29, 0.717) is 6.61 Å². The van der Waals surface area contributed by atoms with Gasteiger partial charge >= 0.3 is 0 Å². The maximum atomic E-state index is 9.69. The van der Waals surface area contributed by atoms with Gasteiger partial charge in [-0.3, -0.25) is 0 Å². The van der Waals surface area contributed by atoms with Gasteiger partial charge in [0.1, 0.15) is 12.2 Å². The van der Waals surface area contributed by atoms with Gasteiger partial charge in [-0.25, -0.2) is 0 Å². The second-order valence-corrected chi connectivity index (χ2v) is 4.42. The number of aliphatic hydroxyl groups is 3. The van der Waals surface area contributed by atoms with Gasteiger partial charge in [-0.2, -0.15) is 0 Å². The summed E-state index contributed by atoms with van der Waals surface area (Å²) in [5.41, 5.74) is 1.02. The molecule has 1 aromatic rings. The summed E-state index contributed by atoms with van der Waals surface area (Å²) < 4.78 is 10.5. The average Bonchev–Trinajstić information content (AvgIpc) is 2.36. The number of ether oxygens (including phenoxy) is 2. The molecule has 2 rings (SSSR count). The highest BCUT2D eigenvalue weighted by atomic mass is 16.6. The number of hydrogen-bond acceptors (Lipinski definition) is 5. The minimum absolute atomic E-state index is 0.0242.